The molecule has 5 N–H and O–H groups in total. The van der Waals surface area contributed by atoms with Crippen molar-refractivity contribution in [1.82, 2.24) is 20.9 Å². The number of rotatable bonds is 2. The van der Waals surface area contributed by atoms with E-state index in [9.17, 15) is 0 Å². The molecule has 1 aromatic carbocycles. The summed E-state index contributed by atoms with van der Waals surface area (Å²) in [6.07, 6.45) is 3.34. The quantitative estimate of drug-likeness (QED) is 0.393. The number of fused-ring (bicyclic) bond motifs is 4. The van der Waals surface area contributed by atoms with Crippen molar-refractivity contribution in [3.05, 3.63) is 35.4 Å². The van der Waals surface area contributed by atoms with Crippen molar-refractivity contribution in [1.29, 1.82) is 0 Å². The predicted octanol–water partition coefficient (Wildman–Crippen LogP) is 0.979. The number of hydrogen-bond acceptors (Lipinski definition) is 6. The maximum absolute atomic E-state index is 6.32. The molecule has 1 saturated heterocycles. The molecule has 3 unspecified atom stereocenters. The van der Waals surface area contributed by atoms with Crippen molar-refractivity contribution < 1.29 is 0 Å². The Bertz CT molecular complexity index is 507. The van der Waals surface area contributed by atoms with Crippen LogP contribution in [-0.4, -0.2) is 62.6 Å². The zero-order chi connectivity index (χ0) is 18.2. The summed E-state index contributed by atoms with van der Waals surface area (Å²) in [6.45, 7) is 8.48. The van der Waals surface area contributed by atoms with Crippen molar-refractivity contribution in [3.63, 3.8) is 0 Å². The lowest BCUT2D eigenvalue weighted by molar-refractivity contribution is 0.138. The van der Waals surface area contributed by atoms with Gasteiger partial charge in [-0.2, -0.15) is 12.6 Å². The third kappa shape index (κ3) is 5.68. The molecule has 1 aliphatic heterocycles. The number of benzene rings is 1. The van der Waals surface area contributed by atoms with Gasteiger partial charge in [0.15, 0.2) is 0 Å². The van der Waals surface area contributed by atoms with Gasteiger partial charge >= 0.3 is 0 Å². The topological polar surface area (TPSA) is 65.3 Å². The first-order valence-corrected chi connectivity index (χ1v) is 10.7. The highest BCUT2D eigenvalue weighted by molar-refractivity contribution is 7.80. The molecule has 0 radical (unpaired) electrons. The lowest BCUT2D eigenvalue weighted by Gasteiger charge is -2.38. The van der Waals surface area contributed by atoms with E-state index >= 15 is 0 Å². The molecule has 0 aromatic heterocycles. The van der Waals surface area contributed by atoms with Gasteiger partial charge < -0.3 is 21.7 Å². The van der Waals surface area contributed by atoms with Gasteiger partial charge in [0.2, 0.25) is 0 Å². The Hall–Kier alpha value is -0.630. The van der Waals surface area contributed by atoms with Gasteiger partial charge in [0.1, 0.15) is 0 Å². The van der Waals surface area contributed by atoms with Gasteiger partial charge in [0.25, 0.3) is 0 Å². The Labute approximate surface area is 163 Å². The fraction of sp³-hybridized carbons (Fsp3) is 0.700. The van der Waals surface area contributed by atoms with Crippen LogP contribution < -0.4 is 21.7 Å². The summed E-state index contributed by atoms with van der Waals surface area (Å²) in [5.41, 5.74) is 9.08. The van der Waals surface area contributed by atoms with Gasteiger partial charge in [-0.3, -0.25) is 4.90 Å². The van der Waals surface area contributed by atoms with Crippen LogP contribution in [0.3, 0.4) is 0 Å². The van der Waals surface area contributed by atoms with Crippen LogP contribution in [0.25, 0.3) is 0 Å². The van der Waals surface area contributed by atoms with Gasteiger partial charge in [-0.25, -0.2) is 0 Å². The van der Waals surface area contributed by atoms with Crippen LogP contribution in [0.15, 0.2) is 24.3 Å². The molecule has 1 heterocycles. The monoisotopic (exact) mass is 377 g/mol. The van der Waals surface area contributed by atoms with Gasteiger partial charge in [0.05, 0.1) is 5.37 Å². The number of hydrogen-bond donors (Lipinski definition) is 5. The molecule has 4 rings (SSSR count). The molecule has 2 bridgehead atoms. The zero-order valence-electron chi connectivity index (χ0n) is 15.8. The summed E-state index contributed by atoms with van der Waals surface area (Å²) in [5, 5.41) is 10.6. The van der Waals surface area contributed by atoms with E-state index in [4.69, 9.17) is 5.73 Å². The van der Waals surface area contributed by atoms with Crippen molar-refractivity contribution >= 4 is 12.6 Å². The molecule has 6 heteroatoms. The Morgan fingerprint density at radius 2 is 1.54 bits per heavy atom. The fourth-order valence-electron chi connectivity index (χ4n) is 4.18. The lowest BCUT2D eigenvalue weighted by Crippen LogP contribution is -2.44. The minimum Gasteiger partial charge on any atom is -0.319 e. The first-order valence-electron chi connectivity index (χ1n) is 10.1. The average molecular weight is 378 g/mol. The zero-order valence-corrected chi connectivity index (χ0v) is 16.7. The number of thiol groups is 1. The second-order valence-corrected chi connectivity index (χ2v) is 8.13. The predicted molar refractivity (Wildman–Crippen MR) is 113 cm³/mol. The Morgan fingerprint density at radius 3 is 2.23 bits per heavy atom. The van der Waals surface area contributed by atoms with E-state index in [0.717, 1.165) is 65.2 Å². The number of nitrogens with one attached hydrogen (secondary N) is 3. The smallest absolute Gasteiger partial charge is 0.0527 e. The molecule has 0 saturated carbocycles. The summed E-state index contributed by atoms with van der Waals surface area (Å²) in [7, 11) is 0. The van der Waals surface area contributed by atoms with Crippen molar-refractivity contribution in [2.75, 3.05) is 52.4 Å². The summed E-state index contributed by atoms with van der Waals surface area (Å²) < 4.78 is 0. The van der Waals surface area contributed by atoms with Gasteiger partial charge in [-0.15, -0.1) is 0 Å². The molecule has 3 atom stereocenters. The molecule has 2 aliphatic carbocycles. The van der Waals surface area contributed by atoms with E-state index in [1.165, 1.54) is 17.5 Å². The molecular formula is C20H35N5S. The van der Waals surface area contributed by atoms with E-state index in [1.54, 1.807) is 0 Å². The molecule has 1 aromatic rings. The van der Waals surface area contributed by atoms with Crippen LogP contribution in [-0.2, 0) is 6.42 Å². The highest BCUT2D eigenvalue weighted by Crippen LogP contribution is 2.37. The summed E-state index contributed by atoms with van der Waals surface area (Å²) in [5.74, 6) is 0.351. The molecular weight excluding hydrogens is 342 g/mol. The fourth-order valence-corrected chi connectivity index (χ4v) is 4.45. The Kier molecular flexibility index (Phi) is 8.23. The minimum atomic E-state index is -0.102. The second-order valence-electron chi connectivity index (χ2n) is 7.54. The second kappa shape index (κ2) is 10.6. The van der Waals surface area contributed by atoms with Gasteiger partial charge in [-0.1, -0.05) is 24.3 Å². The van der Waals surface area contributed by atoms with Crippen molar-refractivity contribution in [2.45, 2.75) is 30.7 Å². The first-order chi connectivity index (χ1) is 12.8. The van der Waals surface area contributed by atoms with E-state index in [2.05, 4.69) is 57.7 Å². The lowest BCUT2D eigenvalue weighted by atomic mass is 9.91. The summed E-state index contributed by atoms with van der Waals surface area (Å²) in [6, 6.07) is 9.45. The van der Waals surface area contributed by atoms with E-state index in [0.29, 0.717) is 12.0 Å². The number of nitrogens with zero attached hydrogens (tertiary/aromatic N) is 1. The first kappa shape index (κ1) is 20.1. The van der Waals surface area contributed by atoms with Crippen LogP contribution in [0.5, 0.6) is 0 Å². The average Bonchev–Trinajstić information content (AvgIpc) is 2.94. The third-order valence-corrected chi connectivity index (χ3v) is 5.97. The van der Waals surface area contributed by atoms with Gasteiger partial charge in [-0.05, 0) is 50.0 Å². The molecule has 1 fully saturated rings. The van der Waals surface area contributed by atoms with Gasteiger partial charge in [0, 0.05) is 44.7 Å². The van der Waals surface area contributed by atoms with Crippen LogP contribution in [0.2, 0.25) is 0 Å². The molecule has 3 aliphatic rings. The molecule has 0 amide bonds. The standard InChI is InChI=1S/C20H35N5S/c21-20(26)18-15-16-3-5-17(6-4-16)19(18)25-13-2-9-23-11-10-22-7-1-8-24-12-14-25/h3-6,18-20,22-24,26H,1-2,7-15,21H2. The third-order valence-electron chi connectivity index (χ3n) is 5.59. The minimum absolute atomic E-state index is 0.102. The molecule has 146 valence electrons. The largest absolute Gasteiger partial charge is 0.319 e. The van der Waals surface area contributed by atoms with Crippen LogP contribution in [0.4, 0.5) is 0 Å². The van der Waals surface area contributed by atoms with Crippen molar-refractivity contribution in [3.8, 4) is 0 Å². The molecule has 0 spiro atoms. The van der Waals surface area contributed by atoms with Crippen molar-refractivity contribution in [2.24, 2.45) is 11.7 Å². The highest BCUT2D eigenvalue weighted by Gasteiger charge is 2.33. The van der Waals surface area contributed by atoms with E-state index in [-0.39, 0.29) is 5.37 Å². The maximum Gasteiger partial charge on any atom is 0.0527 e. The molecule has 5 nitrogen and oxygen atoms in total. The van der Waals surface area contributed by atoms with E-state index in [1.807, 2.05) is 0 Å². The normalized spacial score (nSPS) is 28.2. The summed E-state index contributed by atoms with van der Waals surface area (Å²) >= 11 is 4.66. The van der Waals surface area contributed by atoms with Crippen LogP contribution in [0, 0.1) is 5.92 Å². The van der Waals surface area contributed by atoms with Crippen LogP contribution >= 0.6 is 12.6 Å². The number of nitrogens with two attached hydrogens (primary N) is 1. The maximum atomic E-state index is 6.32. The molecule has 26 heavy (non-hydrogen) atoms. The Balaban J connectivity index is 1.70. The SMILES string of the molecule is NC(S)C1Cc2ccc(cc2)C1N1CCCNCCNCCCNCC1. The van der Waals surface area contributed by atoms with Crippen LogP contribution in [0.1, 0.15) is 30.0 Å². The van der Waals surface area contributed by atoms with E-state index < -0.39 is 0 Å². The highest BCUT2D eigenvalue weighted by atomic mass is 32.1. The summed E-state index contributed by atoms with van der Waals surface area (Å²) in [4.78, 5) is 2.64. The Morgan fingerprint density at radius 1 is 0.885 bits per heavy atom.